The van der Waals surface area contributed by atoms with Crippen molar-refractivity contribution in [1.82, 2.24) is 0 Å². The molecule has 184 valence electrons. The van der Waals surface area contributed by atoms with Crippen LogP contribution in [0, 0.1) is 35.4 Å². The Hall–Kier alpha value is -2.79. The number of allylic oxidation sites excluding steroid dienone is 3. The minimum absolute atomic E-state index is 0.259. The van der Waals surface area contributed by atoms with E-state index in [4.69, 9.17) is 4.74 Å². The predicted octanol–water partition coefficient (Wildman–Crippen LogP) is 8.84. The quantitative estimate of drug-likeness (QED) is 0.290. The van der Waals surface area contributed by atoms with E-state index in [2.05, 4.69) is 55.2 Å². The Morgan fingerprint density at radius 1 is 0.857 bits per heavy atom. The first-order valence-corrected chi connectivity index (χ1v) is 13.4. The lowest BCUT2D eigenvalue weighted by Gasteiger charge is -2.42. The molecule has 0 aromatic heterocycles. The van der Waals surface area contributed by atoms with Gasteiger partial charge in [0.15, 0.2) is 11.6 Å². The minimum Gasteiger partial charge on any atom is -0.486 e. The van der Waals surface area contributed by atoms with Crippen LogP contribution in [0.1, 0.15) is 87.8 Å². The Morgan fingerprint density at radius 2 is 1.57 bits per heavy atom. The molecule has 0 radical (unpaired) electrons. The maximum absolute atomic E-state index is 14.3. The van der Waals surface area contributed by atoms with E-state index in [9.17, 15) is 4.39 Å². The third-order valence-corrected chi connectivity index (χ3v) is 7.93. The normalized spacial score (nSPS) is 24.2. The molecular formula is C33H39FO. The van der Waals surface area contributed by atoms with Gasteiger partial charge in [0.2, 0.25) is 0 Å². The van der Waals surface area contributed by atoms with Gasteiger partial charge in [0, 0.05) is 11.1 Å². The molecule has 4 atom stereocenters. The zero-order valence-electron chi connectivity index (χ0n) is 21.3. The highest BCUT2D eigenvalue weighted by atomic mass is 19.1. The fraction of sp³-hybridized carbons (Fsp3) is 0.455. The smallest absolute Gasteiger partial charge is 0.166 e. The summed E-state index contributed by atoms with van der Waals surface area (Å²) in [5.41, 5.74) is 3.08. The van der Waals surface area contributed by atoms with Crippen molar-refractivity contribution in [3.05, 3.63) is 89.3 Å². The zero-order chi connectivity index (χ0) is 24.5. The van der Waals surface area contributed by atoms with Gasteiger partial charge in [0.25, 0.3) is 0 Å². The van der Waals surface area contributed by atoms with E-state index in [0.29, 0.717) is 18.1 Å². The molecule has 2 aliphatic rings. The van der Waals surface area contributed by atoms with Crippen LogP contribution in [0.4, 0.5) is 4.39 Å². The molecule has 0 aliphatic heterocycles. The molecule has 4 rings (SSSR count). The van der Waals surface area contributed by atoms with Crippen LogP contribution in [-0.2, 0) is 0 Å². The van der Waals surface area contributed by atoms with Crippen molar-refractivity contribution in [1.29, 1.82) is 0 Å². The lowest BCUT2D eigenvalue weighted by Crippen LogP contribution is -2.30. The summed E-state index contributed by atoms with van der Waals surface area (Å²) in [5, 5.41) is 0. The number of hydrogen-bond donors (Lipinski definition) is 0. The summed E-state index contributed by atoms with van der Waals surface area (Å²) in [6.07, 6.45) is 19.2. The molecule has 2 aromatic carbocycles. The summed E-state index contributed by atoms with van der Waals surface area (Å²) in [5.74, 6) is 9.64. The van der Waals surface area contributed by atoms with Gasteiger partial charge >= 0.3 is 0 Å². The summed E-state index contributed by atoms with van der Waals surface area (Å²) < 4.78 is 19.7. The first-order valence-electron chi connectivity index (χ1n) is 13.4. The Labute approximate surface area is 211 Å². The third kappa shape index (κ3) is 7.11. The standard InChI is InChI=1S/C33H39FO/c1-3-5-7-8-26-13-17-31-24-30(19-18-29(31)22-26)28-15-11-25(12-16-28)9-10-27-14-20-33(32(34)23-27)35-21-6-4-2/h3-6,11-12,14-16,20,23,26,29-31H,7-8,13,17-19,21-22,24H2,1-2H3/b5-3+,6-4+. The van der Waals surface area contributed by atoms with E-state index in [-0.39, 0.29) is 11.6 Å². The maximum Gasteiger partial charge on any atom is 0.166 e. The van der Waals surface area contributed by atoms with Crippen LogP contribution in [0.15, 0.2) is 66.8 Å². The summed E-state index contributed by atoms with van der Waals surface area (Å²) in [6, 6.07) is 13.7. The van der Waals surface area contributed by atoms with Crippen LogP contribution in [0.3, 0.4) is 0 Å². The number of hydrogen-bond acceptors (Lipinski definition) is 1. The fourth-order valence-electron chi connectivity index (χ4n) is 5.96. The van der Waals surface area contributed by atoms with Gasteiger partial charge in [0.1, 0.15) is 6.61 Å². The van der Waals surface area contributed by atoms with Gasteiger partial charge in [-0.15, -0.1) is 0 Å². The topological polar surface area (TPSA) is 9.23 Å². The first kappa shape index (κ1) is 25.3. The summed E-state index contributed by atoms with van der Waals surface area (Å²) in [4.78, 5) is 0. The summed E-state index contributed by atoms with van der Waals surface area (Å²) in [6.45, 7) is 4.40. The monoisotopic (exact) mass is 470 g/mol. The van der Waals surface area contributed by atoms with Crippen molar-refractivity contribution in [2.45, 2.75) is 71.1 Å². The van der Waals surface area contributed by atoms with Crippen molar-refractivity contribution >= 4 is 0 Å². The van der Waals surface area contributed by atoms with E-state index in [1.54, 1.807) is 6.07 Å². The molecule has 2 aromatic rings. The van der Waals surface area contributed by atoms with Crippen LogP contribution in [0.25, 0.3) is 0 Å². The second-order valence-corrected chi connectivity index (χ2v) is 10.3. The fourth-order valence-corrected chi connectivity index (χ4v) is 5.96. The Morgan fingerprint density at radius 3 is 2.34 bits per heavy atom. The van der Waals surface area contributed by atoms with Crippen molar-refractivity contribution in [3.63, 3.8) is 0 Å². The molecule has 2 heteroatoms. The summed E-state index contributed by atoms with van der Waals surface area (Å²) >= 11 is 0. The van der Waals surface area contributed by atoms with Crippen LogP contribution >= 0.6 is 0 Å². The molecule has 1 nitrogen and oxygen atoms in total. The van der Waals surface area contributed by atoms with Crippen LogP contribution < -0.4 is 4.74 Å². The van der Waals surface area contributed by atoms with Crippen molar-refractivity contribution < 1.29 is 9.13 Å². The van der Waals surface area contributed by atoms with Crippen molar-refractivity contribution in [2.75, 3.05) is 6.61 Å². The van der Waals surface area contributed by atoms with E-state index in [1.165, 1.54) is 63.0 Å². The minimum atomic E-state index is -0.376. The van der Waals surface area contributed by atoms with Gasteiger partial charge < -0.3 is 4.74 Å². The van der Waals surface area contributed by atoms with Gasteiger partial charge in [0.05, 0.1) is 0 Å². The molecule has 35 heavy (non-hydrogen) atoms. The van der Waals surface area contributed by atoms with Crippen LogP contribution in [-0.4, -0.2) is 6.61 Å². The van der Waals surface area contributed by atoms with E-state index in [0.717, 1.165) is 23.3 Å². The van der Waals surface area contributed by atoms with Gasteiger partial charge in [-0.2, -0.15) is 0 Å². The van der Waals surface area contributed by atoms with Gasteiger partial charge in [-0.3, -0.25) is 0 Å². The Bertz CT molecular complexity index is 1070. The zero-order valence-corrected chi connectivity index (χ0v) is 21.3. The molecule has 2 aliphatic carbocycles. The molecule has 4 unspecified atom stereocenters. The Kier molecular flexibility index (Phi) is 9.24. The average molecular weight is 471 g/mol. The third-order valence-electron chi connectivity index (χ3n) is 7.93. The molecule has 0 amide bonds. The van der Waals surface area contributed by atoms with Crippen molar-refractivity contribution in [2.24, 2.45) is 17.8 Å². The predicted molar refractivity (Wildman–Crippen MR) is 144 cm³/mol. The number of benzene rings is 2. The largest absolute Gasteiger partial charge is 0.486 e. The highest BCUT2D eigenvalue weighted by Gasteiger charge is 2.35. The molecule has 2 fully saturated rings. The number of halogens is 1. The second kappa shape index (κ2) is 12.8. The SMILES string of the molecule is C/C=C/CCC1CCC2CC(c3ccc(C#Cc4ccc(OC/C=C/C)c(F)c4)cc3)CCC2C1. The molecule has 2 saturated carbocycles. The highest BCUT2D eigenvalue weighted by molar-refractivity contribution is 5.45. The number of ether oxygens (including phenoxy) is 1. The molecular weight excluding hydrogens is 431 g/mol. The summed E-state index contributed by atoms with van der Waals surface area (Å²) in [7, 11) is 0. The van der Waals surface area contributed by atoms with Gasteiger partial charge in [-0.05, 0) is 118 Å². The lowest BCUT2D eigenvalue weighted by atomic mass is 9.63. The average Bonchev–Trinajstić information content (AvgIpc) is 2.89. The lowest BCUT2D eigenvalue weighted by molar-refractivity contribution is 0.115. The second-order valence-electron chi connectivity index (χ2n) is 10.3. The van der Waals surface area contributed by atoms with Crippen LogP contribution in [0.5, 0.6) is 5.75 Å². The molecule has 0 heterocycles. The van der Waals surface area contributed by atoms with Gasteiger partial charge in [-0.1, -0.05) is 54.7 Å². The molecule has 0 bridgehead atoms. The van der Waals surface area contributed by atoms with Crippen molar-refractivity contribution in [3.8, 4) is 17.6 Å². The number of fused-ring (bicyclic) bond motifs is 1. The van der Waals surface area contributed by atoms with E-state index in [1.807, 2.05) is 25.1 Å². The van der Waals surface area contributed by atoms with Gasteiger partial charge in [-0.25, -0.2) is 4.39 Å². The molecule has 0 saturated heterocycles. The number of rotatable bonds is 7. The molecule has 0 spiro atoms. The first-order chi connectivity index (χ1) is 17.2. The van der Waals surface area contributed by atoms with Crippen LogP contribution in [0.2, 0.25) is 0 Å². The molecule has 0 N–H and O–H groups in total. The van der Waals surface area contributed by atoms with E-state index >= 15 is 0 Å². The Balaban J connectivity index is 1.31. The highest BCUT2D eigenvalue weighted by Crippen LogP contribution is 2.48. The maximum atomic E-state index is 14.3. The van der Waals surface area contributed by atoms with E-state index < -0.39 is 0 Å².